The molecule has 115 valence electrons. The lowest BCUT2D eigenvalue weighted by Gasteiger charge is -2.04. The highest BCUT2D eigenvalue weighted by atomic mass is 16.1. The van der Waals surface area contributed by atoms with Gasteiger partial charge in [-0.15, -0.1) is 0 Å². The molecule has 5 heteroatoms. The fourth-order valence-electron chi connectivity index (χ4n) is 2.65. The maximum absolute atomic E-state index is 12.6. The van der Waals surface area contributed by atoms with Crippen LogP contribution in [0.5, 0.6) is 0 Å². The largest absolute Gasteiger partial charge is 0.353 e. The van der Waals surface area contributed by atoms with E-state index in [-0.39, 0.29) is 17.2 Å². The van der Waals surface area contributed by atoms with Crippen LogP contribution in [0.2, 0.25) is 0 Å². The SMILES string of the molecule is [NH]c1ncccc1C(=O)c1cccc(-c2cc3ccccc3[nH]2)n1. The predicted octanol–water partition coefficient (Wildman–Crippen LogP) is 3.77. The normalized spacial score (nSPS) is 10.8. The van der Waals surface area contributed by atoms with Crippen LogP contribution in [0.3, 0.4) is 0 Å². The van der Waals surface area contributed by atoms with Crippen molar-refractivity contribution in [2.24, 2.45) is 0 Å². The zero-order valence-electron chi connectivity index (χ0n) is 12.7. The average Bonchev–Trinajstić information content (AvgIpc) is 3.06. The molecule has 0 saturated carbocycles. The van der Waals surface area contributed by atoms with Crippen LogP contribution in [0, 0.1) is 0 Å². The second-order valence-electron chi connectivity index (χ2n) is 5.41. The Morgan fingerprint density at radius 2 is 1.88 bits per heavy atom. The number of para-hydroxylation sites is 1. The van der Waals surface area contributed by atoms with Crippen LogP contribution >= 0.6 is 0 Å². The van der Waals surface area contributed by atoms with Crippen LogP contribution in [-0.2, 0) is 0 Å². The Kier molecular flexibility index (Phi) is 3.31. The van der Waals surface area contributed by atoms with Crippen LogP contribution < -0.4 is 5.73 Å². The number of fused-ring (bicyclic) bond motifs is 1. The molecule has 0 saturated heterocycles. The summed E-state index contributed by atoms with van der Waals surface area (Å²) in [7, 11) is 0. The Labute approximate surface area is 138 Å². The van der Waals surface area contributed by atoms with Gasteiger partial charge in [-0.3, -0.25) is 10.5 Å². The maximum atomic E-state index is 12.6. The standard InChI is InChI=1S/C19H13N4O/c20-19-13(6-4-10-21-19)18(24)16-9-3-8-15(23-16)17-11-12-5-1-2-7-14(12)22-17/h1-11,20,22H. The molecule has 24 heavy (non-hydrogen) atoms. The van der Waals surface area contributed by atoms with E-state index in [4.69, 9.17) is 5.73 Å². The first kappa shape index (κ1) is 14.1. The highest BCUT2D eigenvalue weighted by molar-refractivity contribution is 6.10. The predicted molar refractivity (Wildman–Crippen MR) is 92.0 cm³/mol. The van der Waals surface area contributed by atoms with Crippen LogP contribution in [-0.4, -0.2) is 20.7 Å². The van der Waals surface area contributed by atoms with Gasteiger partial charge < -0.3 is 4.98 Å². The zero-order chi connectivity index (χ0) is 16.5. The number of hydrogen-bond acceptors (Lipinski definition) is 3. The molecule has 5 nitrogen and oxygen atoms in total. The van der Waals surface area contributed by atoms with E-state index in [1.165, 1.54) is 6.20 Å². The van der Waals surface area contributed by atoms with Gasteiger partial charge >= 0.3 is 0 Å². The van der Waals surface area contributed by atoms with Crippen LogP contribution in [0.25, 0.3) is 22.3 Å². The van der Waals surface area contributed by atoms with Gasteiger partial charge in [0.15, 0.2) is 5.82 Å². The van der Waals surface area contributed by atoms with Crippen molar-refractivity contribution in [2.45, 2.75) is 0 Å². The molecule has 0 spiro atoms. The van der Waals surface area contributed by atoms with E-state index < -0.39 is 0 Å². The highest BCUT2D eigenvalue weighted by Gasteiger charge is 2.15. The molecule has 0 aliphatic carbocycles. The first-order chi connectivity index (χ1) is 11.7. The first-order valence-corrected chi connectivity index (χ1v) is 7.49. The zero-order valence-corrected chi connectivity index (χ0v) is 12.7. The highest BCUT2D eigenvalue weighted by Crippen LogP contribution is 2.23. The number of hydrogen-bond donors (Lipinski definition) is 1. The third kappa shape index (κ3) is 2.42. The lowest BCUT2D eigenvalue weighted by atomic mass is 10.1. The summed E-state index contributed by atoms with van der Waals surface area (Å²) in [5, 5.41) is 1.09. The van der Waals surface area contributed by atoms with Gasteiger partial charge in [0.1, 0.15) is 5.69 Å². The molecule has 3 aromatic heterocycles. The second kappa shape index (κ2) is 5.62. The fourth-order valence-corrected chi connectivity index (χ4v) is 2.65. The van der Waals surface area contributed by atoms with Crippen molar-refractivity contribution in [3.63, 3.8) is 0 Å². The number of aromatic amines is 1. The molecule has 0 aliphatic rings. The van der Waals surface area contributed by atoms with E-state index in [1.54, 1.807) is 24.3 Å². The number of carbonyl (C=O) groups excluding carboxylic acids is 1. The van der Waals surface area contributed by atoms with Crippen LogP contribution in [0.1, 0.15) is 16.1 Å². The van der Waals surface area contributed by atoms with Crippen LogP contribution in [0.15, 0.2) is 66.9 Å². The van der Waals surface area contributed by atoms with E-state index in [0.717, 1.165) is 16.6 Å². The van der Waals surface area contributed by atoms with Crippen molar-refractivity contribution in [1.29, 1.82) is 0 Å². The number of pyridine rings is 2. The molecule has 0 bridgehead atoms. The number of rotatable bonds is 3. The van der Waals surface area contributed by atoms with Gasteiger partial charge in [0, 0.05) is 17.1 Å². The summed E-state index contributed by atoms with van der Waals surface area (Å²) in [6.45, 7) is 0. The van der Waals surface area contributed by atoms with Crippen molar-refractivity contribution >= 4 is 22.5 Å². The molecule has 2 N–H and O–H groups in total. The van der Waals surface area contributed by atoms with Crippen LogP contribution in [0.4, 0.5) is 5.82 Å². The minimum absolute atomic E-state index is 0.0414. The Hall–Kier alpha value is -3.47. The number of carbonyl (C=O) groups is 1. The van der Waals surface area contributed by atoms with Gasteiger partial charge in [0.2, 0.25) is 5.78 Å². The second-order valence-corrected chi connectivity index (χ2v) is 5.41. The topological polar surface area (TPSA) is 82.4 Å². The van der Waals surface area contributed by atoms with Gasteiger partial charge in [-0.25, -0.2) is 9.97 Å². The van der Waals surface area contributed by atoms with E-state index >= 15 is 0 Å². The lowest BCUT2D eigenvalue weighted by molar-refractivity contribution is 0.103. The molecular weight excluding hydrogens is 300 g/mol. The third-order valence-corrected chi connectivity index (χ3v) is 3.84. The first-order valence-electron chi connectivity index (χ1n) is 7.49. The molecule has 1 aromatic carbocycles. The van der Waals surface area contributed by atoms with Gasteiger partial charge in [0.05, 0.1) is 17.0 Å². The summed E-state index contributed by atoms with van der Waals surface area (Å²) >= 11 is 0. The van der Waals surface area contributed by atoms with E-state index in [0.29, 0.717) is 11.4 Å². The molecule has 0 unspecified atom stereocenters. The van der Waals surface area contributed by atoms with Crippen molar-refractivity contribution in [1.82, 2.24) is 20.7 Å². The number of nitrogens with zero attached hydrogens (tertiary/aromatic N) is 2. The molecule has 1 radical (unpaired) electrons. The van der Waals surface area contributed by atoms with E-state index in [9.17, 15) is 4.79 Å². The van der Waals surface area contributed by atoms with Crippen molar-refractivity contribution in [2.75, 3.05) is 0 Å². The van der Waals surface area contributed by atoms with Crippen molar-refractivity contribution in [3.05, 3.63) is 78.1 Å². The lowest BCUT2D eigenvalue weighted by Crippen LogP contribution is -2.06. The van der Waals surface area contributed by atoms with Gasteiger partial charge in [0.25, 0.3) is 0 Å². The smallest absolute Gasteiger partial charge is 0.215 e. The Morgan fingerprint density at radius 1 is 1.00 bits per heavy atom. The monoisotopic (exact) mass is 313 g/mol. The number of H-pyrrole nitrogens is 1. The van der Waals surface area contributed by atoms with Gasteiger partial charge in [-0.05, 0) is 36.4 Å². The number of ketones is 1. The maximum Gasteiger partial charge on any atom is 0.215 e. The Bertz CT molecular complexity index is 1020. The molecule has 4 aromatic rings. The molecule has 4 rings (SSSR count). The summed E-state index contributed by atoms with van der Waals surface area (Å²) in [5.74, 6) is -0.341. The molecule has 0 atom stereocenters. The minimum atomic E-state index is -0.300. The quantitative estimate of drug-likeness (QED) is 0.584. The van der Waals surface area contributed by atoms with Crippen molar-refractivity contribution in [3.8, 4) is 11.4 Å². The third-order valence-electron chi connectivity index (χ3n) is 3.84. The van der Waals surface area contributed by atoms with Crippen molar-refractivity contribution < 1.29 is 4.79 Å². The number of nitrogens with one attached hydrogen (secondary N) is 2. The Balaban J connectivity index is 1.76. The number of aromatic nitrogens is 3. The average molecular weight is 313 g/mol. The molecular formula is C19H13N4O. The van der Waals surface area contributed by atoms with Gasteiger partial charge in [-0.1, -0.05) is 24.3 Å². The molecule has 0 amide bonds. The molecule has 3 heterocycles. The fraction of sp³-hybridized carbons (Fsp3) is 0. The molecule has 0 fully saturated rings. The summed E-state index contributed by atoms with van der Waals surface area (Å²) in [4.78, 5) is 24.2. The number of benzene rings is 1. The summed E-state index contributed by atoms with van der Waals surface area (Å²) < 4.78 is 0. The van der Waals surface area contributed by atoms with Gasteiger partial charge in [-0.2, -0.15) is 0 Å². The summed E-state index contributed by atoms with van der Waals surface area (Å²) in [6.07, 6.45) is 1.49. The van der Waals surface area contributed by atoms with E-state index in [2.05, 4.69) is 15.0 Å². The summed E-state index contributed by atoms with van der Waals surface area (Å²) in [6, 6.07) is 18.5. The van der Waals surface area contributed by atoms with E-state index in [1.807, 2.05) is 36.4 Å². The minimum Gasteiger partial charge on any atom is -0.353 e. The Morgan fingerprint density at radius 3 is 2.71 bits per heavy atom. The molecule has 0 aliphatic heterocycles. The summed E-state index contributed by atoms with van der Waals surface area (Å²) in [5.41, 5.74) is 10.9.